The van der Waals surface area contributed by atoms with Gasteiger partial charge in [-0.1, -0.05) is 26.0 Å². The van der Waals surface area contributed by atoms with E-state index in [4.69, 9.17) is 15.2 Å². The molecule has 0 aliphatic rings. The summed E-state index contributed by atoms with van der Waals surface area (Å²) in [6, 6.07) is 8.39. The van der Waals surface area contributed by atoms with Crippen LogP contribution in [0.15, 0.2) is 42.7 Å². The van der Waals surface area contributed by atoms with Gasteiger partial charge in [0.15, 0.2) is 23.1 Å². The van der Waals surface area contributed by atoms with Gasteiger partial charge < -0.3 is 25.8 Å². The summed E-state index contributed by atoms with van der Waals surface area (Å²) < 4.78 is 38.6. The van der Waals surface area contributed by atoms with Gasteiger partial charge in [0, 0.05) is 12.6 Å². The highest BCUT2D eigenvalue weighted by Gasteiger charge is 2.19. The van der Waals surface area contributed by atoms with Crippen LogP contribution in [0, 0.1) is 11.6 Å². The lowest BCUT2D eigenvalue weighted by molar-refractivity contribution is 0.354. The minimum atomic E-state index is -0.806. The van der Waals surface area contributed by atoms with E-state index in [1.54, 1.807) is 6.07 Å². The van der Waals surface area contributed by atoms with E-state index < -0.39 is 11.6 Å². The van der Waals surface area contributed by atoms with Crippen molar-refractivity contribution in [2.24, 2.45) is 0 Å². The Balaban J connectivity index is 0.00000155. The molecule has 0 fully saturated rings. The quantitative estimate of drug-likeness (QED) is 0.478. The third kappa shape index (κ3) is 5.25. The van der Waals surface area contributed by atoms with Crippen LogP contribution in [0.1, 0.15) is 19.4 Å². The number of nitrogens with two attached hydrogens (primary N) is 1. The van der Waals surface area contributed by atoms with Gasteiger partial charge in [0.25, 0.3) is 0 Å². The van der Waals surface area contributed by atoms with Crippen LogP contribution < -0.4 is 25.8 Å². The van der Waals surface area contributed by atoms with Gasteiger partial charge in [0.05, 0.1) is 43.6 Å². The number of ether oxygens (including phenoxy) is 2. The molecule has 4 N–H and O–H groups in total. The molecule has 3 rings (SSSR count). The van der Waals surface area contributed by atoms with Crippen molar-refractivity contribution < 1.29 is 18.3 Å². The maximum Gasteiger partial charge on any atom is 0.173 e. The molecule has 0 aliphatic carbocycles. The van der Waals surface area contributed by atoms with Crippen LogP contribution in [-0.4, -0.2) is 24.2 Å². The molecular weight excluding hydrogens is 392 g/mol. The lowest BCUT2D eigenvalue weighted by Crippen LogP contribution is -2.09. The Morgan fingerprint density at radius 3 is 2.03 bits per heavy atom. The number of aromatic nitrogens is 2. The van der Waals surface area contributed by atoms with Gasteiger partial charge in [-0.05, 0) is 12.1 Å². The lowest BCUT2D eigenvalue weighted by atomic mass is 10.1. The van der Waals surface area contributed by atoms with E-state index in [1.165, 1.54) is 26.6 Å². The van der Waals surface area contributed by atoms with Gasteiger partial charge in [0.2, 0.25) is 0 Å². The zero-order valence-corrected chi connectivity index (χ0v) is 17.3. The summed E-state index contributed by atoms with van der Waals surface area (Å²) in [5.41, 5.74) is 6.92. The number of rotatable bonds is 7. The fraction of sp³-hybridized carbons (Fsp3) is 0.238. The first kappa shape index (κ1) is 22.7. The molecule has 0 saturated carbocycles. The first-order valence-electron chi connectivity index (χ1n) is 9.29. The van der Waals surface area contributed by atoms with E-state index in [0.717, 1.165) is 6.07 Å². The van der Waals surface area contributed by atoms with Gasteiger partial charge in [0.1, 0.15) is 11.6 Å². The van der Waals surface area contributed by atoms with Crippen molar-refractivity contribution in [2.75, 3.05) is 30.6 Å². The molecule has 1 heterocycles. The van der Waals surface area contributed by atoms with Crippen LogP contribution in [0.5, 0.6) is 11.5 Å². The molecule has 0 radical (unpaired) electrons. The van der Waals surface area contributed by atoms with E-state index in [2.05, 4.69) is 20.6 Å². The second-order valence-electron chi connectivity index (χ2n) is 5.74. The normalized spacial score (nSPS) is 9.93. The number of halogens is 2. The summed E-state index contributed by atoms with van der Waals surface area (Å²) in [7, 11) is 2.59. The Labute approximate surface area is 174 Å². The Kier molecular flexibility index (Phi) is 8.16. The Bertz CT molecular complexity index is 940. The van der Waals surface area contributed by atoms with Crippen LogP contribution in [0.25, 0.3) is 0 Å². The zero-order chi connectivity index (χ0) is 22.1. The molecule has 7 nitrogen and oxygen atoms in total. The third-order valence-electron chi connectivity index (χ3n) is 3.99. The number of nitrogen functional groups attached to an aromatic ring is 1. The summed E-state index contributed by atoms with van der Waals surface area (Å²) >= 11 is 0. The number of para-hydroxylation sites is 2. The fourth-order valence-electron chi connectivity index (χ4n) is 2.50. The predicted molar refractivity (Wildman–Crippen MR) is 114 cm³/mol. The van der Waals surface area contributed by atoms with Crippen LogP contribution in [0.4, 0.5) is 31.8 Å². The van der Waals surface area contributed by atoms with Crippen molar-refractivity contribution in [3.8, 4) is 11.5 Å². The topological polar surface area (TPSA) is 94.3 Å². The third-order valence-corrected chi connectivity index (χ3v) is 3.99. The molecule has 160 valence electrons. The Hall–Kier alpha value is -3.62. The number of hydrogen-bond acceptors (Lipinski definition) is 7. The van der Waals surface area contributed by atoms with Crippen LogP contribution in [0.2, 0.25) is 0 Å². The first-order valence-corrected chi connectivity index (χ1v) is 9.29. The highest BCUT2D eigenvalue weighted by molar-refractivity contribution is 5.70. The van der Waals surface area contributed by atoms with Crippen LogP contribution in [-0.2, 0) is 6.54 Å². The first-order chi connectivity index (χ1) is 14.5. The summed E-state index contributed by atoms with van der Waals surface area (Å²) in [4.78, 5) is 8.39. The summed E-state index contributed by atoms with van der Waals surface area (Å²) in [6.07, 6.45) is 2.92. The molecule has 9 heteroatoms. The number of methoxy groups -OCH3 is 2. The number of nitrogens with zero attached hydrogens (tertiary/aromatic N) is 2. The highest BCUT2D eigenvalue weighted by atomic mass is 19.1. The number of benzene rings is 2. The van der Waals surface area contributed by atoms with E-state index >= 15 is 0 Å². The SMILES string of the molecule is CC.COc1cc(OC)c(F)c(CNc2cnc(Nc3ccccc3N)cn2)c1F. The van der Waals surface area contributed by atoms with Crippen LogP contribution >= 0.6 is 0 Å². The zero-order valence-electron chi connectivity index (χ0n) is 17.3. The predicted octanol–water partition coefficient (Wildman–Crippen LogP) is 4.74. The monoisotopic (exact) mass is 417 g/mol. The van der Waals surface area contributed by atoms with Crippen molar-refractivity contribution in [3.05, 3.63) is 59.9 Å². The van der Waals surface area contributed by atoms with Crippen molar-refractivity contribution >= 4 is 23.0 Å². The molecule has 1 aromatic heterocycles. The molecule has 2 aromatic carbocycles. The van der Waals surface area contributed by atoms with E-state index in [-0.39, 0.29) is 23.6 Å². The molecule has 0 spiro atoms. The van der Waals surface area contributed by atoms with Gasteiger partial charge in [-0.3, -0.25) is 0 Å². The van der Waals surface area contributed by atoms with Crippen molar-refractivity contribution in [3.63, 3.8) is 0 Å². The molecule has 0 amide bonds. The molecule has 30 heavy (non-hydrogen) atoms. The molecule has 0 saturated heterocycles. The average molecular weight is 417 g/mol. The maximum absolute atomic E-state index is 14.4. The number of nitrogens with one attached hydrogen (secondary N) is 2. The summed E-state index contributed by atoms with van der Waals surface area (Å²) in [5, 5.41) is 5.87. The molecule has 0 atom stereocenters. The summed E-state index contributed by atoms with van der Waals surface area (Å²) in [5.74, 6) is -1.02. The van der Waals surface area contributed by atoms with E-state index in [0.29, 0.717) is 23.0 Å². The average Bonchev–Trinajstić information content (AvgIpc) is 2.78. The highest BCUT2D eigenvalue weighted by Crippen LogP contribution is 2.31. The second kappa shape index (κ2) is 10.8. The standard InChI is InChI=1S/C19H19F2N5O2.C2H6/c1-27-14-7-15(28-2)19(21)11(18(14)20)8-23-16-9-25-17(10-24-16)26-13-6-4-3-5-12(13)22;1-2/h3-7,9-10H,8,22H2,1-2H3,(H,23,24)(H,25,26);1-2H3. The molecule has 0 bridgehead atoms. The Morgan fingerprint density at radius 1 is 0.933 bits per heavy atom. The minimum absolute atomic E-state index is 0.110. The van der Waals surface area contributed by atoms with Crippen molar-refractivity contribution in [1.29, 1.82) is 0 Å². The minimum Gasteiger partial charge on any atom is -0.494 e. The van der Waals surface area contributed by atoms with Gasteiger partial charge in [-0.25, -0.2) is 18.7 Å². The van der Waals surface area contributed by atoms with Crippen molar-refractivity contribution in [1.82, 2.24) is 9.97 Å². The molecule has 0 unspecified atom stereocenters. The Morgan fingerprint density at radius 2 is 1.50 bits per heavy atom. The van der Waals surface area contributed by atoms with Crippen molar-refractivity contribution in [2.45, 2.75) is 20.4 Å². The van der Waals surface area contributed by atoms with E-state index in [1.807, 2.05) is 32.0 Å². The molecule has 3 aromatic rings. The molecule has 0 aliphatic heterocycles. The van der Waals surface area contributed by atoms with Gasteiger partial charge in [-0.15, -0.1) is 0 Å². The molecular formula is C21H25F2N5O2. The number of hydrogen-bond donors (Lipinski definition) is 3. The van der Waals surface area contributed by atoms with E-state index in [9.17, 15) is 8.78 Å². The second-order valence-corrected chi connectivity index (χ2v) is 5.74. The lowest BCUT2D eigenvalue weighted by Gasteiger charge is -2.13. The van der Waals surface area contributed by atoms with Gasteiger partial charge in [-0.2, -0.15) is 0 Å². The number of anilines is 4. The largest absolute Gasteiger partial charge is 0.494 e. The smallest absolute Gasteiger partial charge is 0.173 e. The maximum atomic E-state index is 14.4. The fourth-order valence-corrected chi connectivity index (χ4v) is 2.50. The summed E-state index contributed by atoms with van der Waals surface area (Å²) in [6.45, 7) is 3.83. The van der Waals surface area contributed by atoms with Crippen LogP contribution in [0.3, 0.4) is 0 Å². The van der Waals surface area contributed by atoms with Gasteiger partial charge >= 0.3 is 0 Å².